The first-order chi connectivity index (χ1) is 12.9. The average Bonchev–Trinajstić information content (AvgIpc) is 3.22. The Kier molecular flexibility index (Phi) is 5.72. The average molecular weight is 384 g/mol. The van der Waals surface area contributed by atoms with Crippen LogP contribution in [-0.2, 0) is 11.8 Å². The molecule has 1 amide bonds. The van der Waals surface area contributed by atoms with Gasteiger partial charge < -0.3 is 10.6 Å². The van der Waals surface area contributed by atoms with Crippen LogP contribution in [0.3, 0.4) is 0 Å². The first-order valence-corrected chi connectivity index (χ1v) is 9.71. The van der Waals surface area contributed by atoms with Crippen molar-refractivity contribution in [3.63, 3.8) is 0 Å². The summed E-state index contributed by atoms with van der Waals surface area (Å²) < 4.78 is 1.69. The van der Waals surface area contributed by atoms with E-state index in [-0.39, 0.29) is 11.9 Å². The second kappa shape index (κ2) is 8.02. The van der Waals surface area contributed by atoms with Crippen LogP contribution in [0.5, 0.6) is 0 Å². The molecule has 1 aromatic carbocycles. The van der Waals surface area contributed by atoms with Gasteiger partial charge in [0, 0.05) is 24.4 Å². The standard InChI is InChI=1S/C20H25N5OS/c1-12-6-8-15(9-7-12)20-24-14(3)18(27-20)13(2)23-19(26)17(21-4)16-10-22-25(5)11-16/h6-11,13,17,21H,1-5H3,(H,23,26). The van der Waals surface area contributed by atoms with Gasteiger partial charge >= 0.3 is 0 Å². The Morgan fingerprint density at radius 3 is 2.52 bits per heavy atom. The summed E-state index contributed by atoms with van der Waals surface area (Å²) in [6, 6.07) is 7.78. The Morgan fingerprint density at radius 2 is 1.93 bits per heavy atom. The third-order valence-electron chi connectivity index (χ3n) is 4.49. The van der Waals surface area contributed by atoms with E-state index < -0.39 is 6.04 Å². The zero-order valence-corrected chi connectivity index (χ0v) is 17.1. The Labute approximate surface area is 163 Å². The molecule has 2 unspecified atom stereocenters. The number of aryl methyl sites for hydroxylation is 3. The highest BCUT2D eigenvalue weighted by atomic mass is 32.1. The van der Waals surface area contributed by atoms with Crippen molar-refractivity contribution in [2.45, 2.75) is 32.9 Å². The summed E-state index contributed by atoms with van der Waals surface area (Å²) in [5, 5.41) is 11.3. The Morgan fingerprint density at radius 1 is 1.22 bits per heavy atom. The SMILES string of the molecule is CNC(C(=O)NC(C)c1sc(-c2ccc(C)cc2)nc1C)c1cnn(C)c1. The van der Waals surface area contributed by atoms with Gasteiger partial charge in [-0.25, -0.2) is 4.98 Å². The maximum atomic E-state index is 12.8. The molecule has 2 N–H and O–H groups in total. The summed E-state index contributed by atoms with van der Waals surface area (Å²) >= 11 is 1.63. The van der Waals surface area contributed by atoms with Gasteiger partial charge in [0.05, 0.1) is 22.8 Å². The number of nitrogens with one attached hydrogen (secondary N) is 2. The third kappa shape index (κ3) is 4.26. The summed E-state index contributed by atoms with van der Waals surface area (Å²) in [6.45, 7) is 6.05. The number of likely N-dealkylation sites (N-methyl/N-ethyl adjacent to an activating group) is 1. The lowest BCUT2D eigenvalue weighted by Gasteiger charge is -2.18. The van der Waals surface area contributed by atoms with Gasteiger partial charge in [-0.3, -0.25) is 9.48 Å². The van der Waals surface area contributed by atoms with E-state index in [2.05, 4.69) is 46.9 Å². The van der Waals surface area contributed by atoms with E-state index in [1.807, 2.05) is 27.1 Å². The van der Waals surface area contributed by atoms with E-state index in [0.717, 1.165) is 26.7 Å². The molecule has 2 aromatic heterocycles. The molecule has 3 aromatic rings. The largest absolute Gasteiger partial charge is 0.347 e. The van der Waals surface area contributed by atoms with Crippen molar-refractivity contribution in [2.75, 3.05) is 7.05 Å². The molecule has 27 heavy (non-hydrogen) atoms. The molecule has 2 atom stereocenters. The lowest BCUT2D eigenvalue weighted by Crippen LogP contribution is -2.37. The number of nitrogens with zero attached hydrogens (tertiary/aromatic N) is 3. The van der Waals surface area contributed by atoms with Crippen molar-refractivity contribution in [1.29, 1.82) is 0 Å². The van der Waals surface area contributed by atoms with Gasteiger partial charge in [0.1, 0.15) is 11.0 Å². The molecule has 7 heteroatoms. The highest BCUT2D eigenvalue weighted by Gasteiger charge is 2.24. The smallest absolute Gasteiger partial charge is 0.242 e. The molecule has 0 spiro atoms. The van der Waals surface area contributed by atoms with E-state index in [1.165, 1.54) is 5.56 Å². The van der Waals surface area contributed by atoms with Gasteiger partial charge in [-0.15, -0.1) is 11.3 Å². The zero-order chi connectivity index (χ0) is 19.6. The van der Waals surface area contributed by atoms with E-state index in [0.29, 0.717) is 0 Å². The minimum Gasteiger partial charge on any atom is -0.347 e. The van der Waals surface area contributed by atoms with Gasteiger partial charge in [-0.1, -0.05) is 29.8 Å². The van der Waals surface area contributed by atoms with Gasteiger partial charge in [0.25, 0.3) is 0 Å². The molecule has 0 saturated carbocycles. The van der Waals surface area contributed by atoms with Crippen molar-refractivity contribution in [2.24, 2.45) is 7.05 Å². The van der Waals surface area contributed by atoms with Crippen LogP contribution in [0.15, 0.2) is 36.7 Å². The van der Waals surface area contributed by atoms with Crippen LogP contribution in [-0.4, -0.2) is 27.7 Å². The highest BCUT2D eigenvalue weighted by Crippen LogP contribution is 2.32. The third-order valence-corrected chi connectivity index (χ3v) is 5.88. The molecule has 0 fully saturated rings. The van der Waals surface area contributed by atoms with Crippen LogP contribution < -0.4 is 10.6 Å². The topological polar surface area (TPSA) is 71.8 Å². The second-order valence-electron chi connectivity index (χ2n) is 6.73. The molecular weight excluding hydrogens is 358 g/mol. The monoisotopic (exact) mass is 383 g/mol. The molecule has 0 aliphatic rings. The first-order valence-electron chi connectivity index (χ1n) is 8.89. The Bertz CT molecular complexity index is 928. The van der Waals surface area contributed by atoms with Crippen LogP contribution in [0.25, 0.3) is 10.6 Å². The van der Waals surface area contributed by atoms with Gasteiger partial charge in [-0.2, -0.15) is 5.10 Å². The summed E-state index contributed by atoms with van der Waals surface area (Å²) in [7, 11) is 3.61. The quantitative estimate of drug-likeness (QED) is 0.685. The summed E-state index contributed by atoms with van der Waals surface area (Å²) in [4.78, 5) is 18.5. The van der Waals surface area contributed by atoms with Crippen molar-refractivity contribution in [3.8, 4) is 10.6 Å². The molecule has 6 nitrogen and oxygen atoms in total. The van der Waals surface area contributed by atoms with Gasteiger partial charge in [0.2, 0.25) is 5.91 Å². The number of hydrogen-bond donors (Lipinski definition) is 2. The maximum absolute atomic E-state index is 12.8. The number of benzene rings is 1. The van der Waals surface area contributed by atoms with Crippen LogP contribution in [0.2, 0.25) is 0 Å². The fourth-order valence-corrected chi connectivity index (χ4v) is 4.10. The molecule has 0 saturated heterocycles. The molecule has 0 aliphatic carbocycles. The Hall–Kier alpha value is -2.51. The van der Waals surface area contributed by atoms with E-state index >= 15 is 0 Å². The van der Waals surface area contributed by atoms with Crippen molar-refractivity contribution >= 4 is 17.2 Å². The molecule has 0 radical (unpaired) electrons. The molecule has 2 heterocycles. The van der Waals surface area contributed by atoms with Crippen molar-refractivity contribution < 1.29 is 4.79 Å². The van der Waals surface area contributed by atoms with Crippen LogP contribution in [0.4, 0.5) is 0 Å². The molecule has 142 valence electrons. The predicted octanol–water partition coefficient (Wildman–Crippen LogP) is 3.30. The van der Waals surface area contributed by atoms with Crippen LogP contribution in [0, 0.1) is 13.8 Å². The number of hydrogen-bond acceptors (Lipinski definition) is 5. The van der Waals surface area contributed by atoms with Crippen molar-refractivity contribution in [3.05, 3.63) is 58.4 Å². The number of carbonyl (C=O) groups is 1. The fourth-order valence-electron chi connectivity index (χ4n) is 3.03. The van der Waals surface area contributed by atoms with Gasteiger partial charge in [-0.05, 0) is 27.8 Å². The van der Waals surface area contributed by atoms with E-state index in [9.17, 15) is 4.79 Å². The second-order valence-corrected chi connectivity index (χ2v) is 7.76. The molecule has 3 rings (SSSR count). The fraction of sp³-hybridized carbons (Fsp3) is 0.350. The molecule has 0 bridgehead atoms. The number of carbonyl (C=O) groups excluding carboxylic acids is 1. The zero-order valence-electron chi connectivity index (χ0n) is 16.3. The van der Waals surface area contributed by atoms with Gasteiger partial charge in [0.15, 0.2) is 0 Å². The van der Waals surface area contributed by atoms with Crippen LogP contribution in [0.1, 0.15) is 40.7 Å². The summed E-state index contributed by atoms with van der Waals surface area (Å²) in [6.07, 6.45) is 3.55. The molecule has 0 aliphatic heterocycles. The predicted molar refractivity (Wildman–Crippen MR) is 109 cm³/mol. The van der Waals surface area contributed by atoms with Crippen LogP contribution >= 0.6 is 11.3 Å². The maximum Gasteiger partial charge on any atom is 0.242 e. The number of rotatable bonds is 6. The summed E-state index contributed by atoms with van der Waals surface area (Å²) in [5.41, 5.74) is 4.11. The van der Waals surface area contributed by atoms with E-state index in [4.69, 9.17) is 4.98 Å². The lowest BCUT2D eigenvalue weighted by molar-refractivity contribution is -0.123. The lowest BCUT2D eigenvalue weighted by atomic mass is 10.1. The van der Waals surface area contributed by atoms with Crippen molar-refractivity contribution in [1.82, 2.24) is 25.4 Å². The minimum absolute atomic E-state index is 0.0808. The first kappa shape index (κ1) is 19.3. The normalized spacial score (nSPS) is 13.4. The highest BCUT2D eigenvalue weighted by molar-refractivity contribution is 7.15. The number of amides is 1. The molecular formula is C20H25N5OS. The Balaban J connectivity index is 1.76. The minimum atomic E-state index is -0.439. The summed E-state index contributed by atoms with van der Waals surface area (Å²) in [5.74, 6) is -0.0808. The number of aromatic nitrogens is 3. The van der Waals surface area contributed by atoms with E-state index in [1.54, 1.807) is 29.3 Å². The number of thiazole rings is 1.